The summed E-state index contributed by atoms with van der Waals surface area (Å²) in [5, 5.41) is 0. The van der Waals surface area contributed by atoms with Crippen LogP contribution >= 0.6 is 7.60 Å². The van der Waals surface area contributed by atoms with E-state index in [4.69, 9.17) is 13.8 Å². The monoisotopic (exact) mass is 354 g/mol. The van der Waals surface area contributed by atoms with Crippen molar-refractivity contribution in [1.82, 2.24) is 9.38 Å². The van der Waals surface area contributed by atoms with E-state index in [0.717, 1.165) is 11.3 Å². The first kappa shape index (κ1) is 18.6. The minimum atomic E-state index is -3.65. The van der Waals surface area contributed by atoms with Gasteiger partial charge in [-0.05, 0) is 32.9 Å². The van der Waals surface area contributed by atoms with Crippen LogP contribution in [-0.2, 0) is 29.6 Å². The van der Waals surface area contributed by atoms with Crippen LogP contribution in [0, 0.1) is 0 Å². The molecule has 0 aliphatic rings. The number of carbonyl (C=O) groups excluding carboxylic acids is 1. The van der Waals surface area contributed by atoms with Gasteiger partial charge in [-0.15, -0.1) is 0 Å². The number of esters is 1. The van der Waals surface area contributed by atoms with Crippen molar-refractivity contribution in [3.8, 4) is 0 Å². The van der Waals surface area contributed by atoms with Crippen LogP contribution in [0.4, 0.5) is 0 Å². The van der Waals surface area contributed by atoms with Gasteiger partial charge >= 0.3 is 13.6 Å². The zero-order chi connectivity index (χ0) is 17.6. The predicted molar refractivity (Wildman–Crippen MR) is 90.2 cm³/mol. The second kappa shape index (κ2) is 8.42. The third-order valence-electron chi connectivity index (χ3n) is 3.45. The van der Waals surface area contributed by atoms with Gasteiger partial charge in [0.2, 0.25) is 0 Å². The largest absolute Gasteiger partial charge is 0.465 e. The topological polar surface area (TPSA) is 79.1 Å². The number of ether oxygens (including phenoxy) is 1. The molecule has 0 fully saturated rings. The van der Waals surface area contributed by atoms with Crippen molar-refractivity contribution in [1.29, 1.82) is 0 Å². The quantitative estimate of drug-likeness (QED) is 0.509. The molecule has 0 saturated heterocycles. The van der Waals surface area contributed by atoms with Crippen molar-refractivity contribution in [2.45, 2.75) is 32.9 Å². The highest BCUT2D eigenvalue weighted by molar-refractivity contribution is 7.55. The molecule has 2 aromatic heterocycles. The molecule has 2 heterocycles. The molecule has 0 spiro atoms. The molecule has 132 valence electrons. The molecule has 0 saturated carbocycles. The van der Waals surface area contributed by atoms with E-state index in [2.05, 4.69) is 4.98 Å². The lowest BCUT2D eigenvalue weighted by Gasteiger charge is -2.24. The highest BCUT2D eigenvalue weighted by Crippen LogP contribution is 2.54. The molecular formula is C16H23N2O5P. The van der Waals surface area contributed by atoms with E-state index in [1.54, 1.807) is 27.0 Å². The van der Waals surface area contributed by atoms with E-state index in [9.17, 15) is 9.36 Å². The third-order valence-corrected chi connectivity index (χ3v) is 5.85. The van der Waals surface area contributed by atoms with Crippen LogP contribution in [0.5, 0.6) is 0 Å². The summed E-state index contributed by atoms with van der Waals surface area (Å²) in [5.74, 6) is -0.589. The first-order valence-corrected chi connectivity index (χ1v) is 9.63. The molecule has 0 aliphatic carbocycles. The Kier molecular flexibility index (Phi) is 6.54. The van der Waals surface area contributed by atoms with Crippen molar-refractivity contribution in [2.24, 2.45) is 0 Å². The Morgan fingerprint density at radius 1 is 1.21 bits per heavy atom. The van der Waals surface area contributed by atoms with Gasteiger partial charge in [0.25, 0.3) is 0 Å². The van der Waals surface area contributed by atoms with Crippen LogP contribution < -0.4 is 0 Å². The molecule has 8 heteroatoms. The highest BCUT2D eigenvalue weighted by Gasteiger charge is 2.42. The first-order chi connectivity index (χ1) is 11.6. The lowest BCUT2D eigenvalue weighted by atomic mass is 10.2. The van der Waals surface area contributed by atoms with Crippen LogP contribution in [0.25, 0.3) is 5.65 Å². The van der Waals surface area contributed by atoms with Gasteiger partial charge < -0.3 is 18.2 Å². The summed E-state index contributed by atoms with van der Waals surface area (Å²) in [6.45, 7) is 5.68. The minimum Gasteiger partial charge on any atom is -0.465 e. The van der Waals surface area contributed by atoms with Crippen LogP contribution in [0.3, 0.4) is 0 Å². The van der Waals surface area contributed by atoms with Gasteiger partial charge in [0.1, 0.15) is 5.65 Å². The van der Waals surface area contributed by atoms with Gasteiger partial charge in [-0.3, -0.25) is 9.36 Å². The van der Waals surface area contributed by atoms with Crippen molar-refractivity contribution >= 4 is 19.2 Å². The minimum absolute atomic E-state index is 0.154. The highest BCUT2D eigenvalue weighted by atomic mass is 31.2. The first-order valence-electron chi connectivity index (χ1n) is 8.02. The molecule has 24 heavy (non-hydrogen) atoms. The predicted octanol–water partition coefficient (Wildman–Crippen LogP) is 3.07. The number of fused-ring (bicyclic) bond motifs is 1. The lowest BCUT2D eigenvalue weighted by Crippen LogP contribution is -2.28. The molecule has 2 rings (SSSR count). The molecule has 7 nitrogen and oxygen atoms in total. The van der Waals surface area contributed by atoms with Gasteiger partial charge in [0.15, 0.2) is 5.66 Å². The van der Waals surface area contributed by atoms with Gasteiger partial charge in [0, 0.05) is 24.5 Å². The van der Waals surface area contributed by atoms with Crippen LogP contribution in [0.15, 0.2) is 30.6 Å². The summed E-state index contributed by atoms with van der Waals surface area (Å²) in [5.41, 5.74) is 0.457. The molecule has 1 atom stereocenters. The average Bonchev–Trinajstić information content (AvgIpc) is 2.96. The Morgan fingerprint density at radius 2 is 1.92 bits per heavy atom. The number of hydrogen-bond donors (Lipinski definition) is 0. The van der Waals surface area contributed by atoms with E-state index >= 15 is 0 Å². The maximum Gasteiger partial charge on any atom is 0.345 e. The summed E-state index contributed by atoms with van der Waals surface area (Å²) >= 11 is 0. The van der Waals surface area contributed by atoms with Gasteiger partial charge in [-0.1, -0.05) is 6.07 Å². The molecule has 1 unspecified atom stereocenters. The molecule has 0 radical (unpaired) electrons. The fourth-order valence-corrected chi connectivity index (χ4v) is 4.37. The number of imidazole rings is 1. The van der Waals surface area contributed by atoms with Gasteiger partial charge in [-0.25, -0.2) is 4.98 Å². The number of nitrogens with zero attached hydrogens (tertiary/aromatic N) is 2. The maximum absolute atomic E-state index is 13.1. The Morgan fingerprint density at radius 3 is 2.54 bits per heavy atom. The van der Waals surface area contributed by atoms with Crippen molar-refractivity contribution in [2.75, 3.05) is 19.8 Å². The van der Waals surface area contributed by atoms with E-state index in [0.29, 0.717) is 0 Å². The molecule has 0 N–H and O–H groups in total. The van der Waals surface area contributed by atoms with E-state index in [-0.39, 0.29) is 26.2 Å². The normalized spacial score (nSPS) is 13.1. The molecule has 0 amide bonds. The summed E-state index contributed by atoms with van der Waals surface area (Å²) in [7, 11) is -3.65. The maximum atomic E-state index is 13.1. The zero-order valence-electron chi connectivity index (χ0n) is 14.2. The van der Waals surface area contributed by atoms with Gasteiger partial charge in [0.05, 0.1) is 19.8 Å². The second-order valence-electron chi connectivity index (χ2n) is 5.03. The number of carbonyl (C=O) groups is 1. The number of aromatic nitrogens is 2. The number of hydrogen-bond acceptors (Lipinski definition) is 6. The van der Waals surface area contributed by atoms with Crippen LogP contribution in [-0.4, -0.2) is 40.8 Å². The second-order valence-corrected chi connectivity index (χ2v) is 7.25. The third kappa shape index (κ3) is 4.04. The Bertz CT molecular complexity index is 720. The summed E-state index contributed by atoms with van der Waals surface area (Å²) < 4.78 is 30.8. The molecule has 2 aromatic rings. The Labute approximate surface area is 141 Å². The number of pyridine rings is 1. The van der Waals surface area contributed by atoms with Crippen LogP contribution in [0.1, 0.15) is 26.5 Å². The molecule has 0 aliphatic heterocycles. The smallest absolute Gasteiger partial charge is 0.345 e. The SMILES string of the molecule is CCOC(=O)C(Cc1cnc2ccccn12)P(=O)(OCC)OCC. The Balaban J connectivity index is 2.38. The van der Waals surface area contributed by atoms with Crippen molar-refractivity contribution < 1.29 is 23.1 Å². The fraction of sp³-hybridized carbons (Fsp3) is 0.500. The van der Waals surface area contributed by atoms with Crippen molar-refractivity contribution in [3.63, 3.8) is 0 Å². The van der Waals surface area contributed by atoms with Crippen molar-refractivity contribution in [3.05, 3.63) is 36.3 Å². The van der Waals surface area contributed by atoms with E-state index in [1.807, 2.05) is 28.8 Å². The molecular weight excluding hydrogens is 331 g/mol. The lowest BCUT2D eigenvalue weighted by molar-refractivity contribution is -0.143. The molecule has 0 bridgehead atoms. The molecule has 0 aromatic carbocycles. The standard InChI is InChI=1S/C16H23N2O5P/c1-4-21-16(19)14(24(20,22-5-2)23-6-3)11-13-12-17-15-9-7-8-10-18(13)15/h7-10,12,14H,4-6,11H2,1-3H3. The van der Waals surface area contributed by atoms with Crippen LogP contribution in [0.2, 0.25) is 0 Å². The van der Waals surface area contributed by atoms with Gasteiger partial charge in [-0.2, -0.15) is 0 Å². The fourth-order valence-electron chi connectivity index (χ4n) is 2.47. The van der Waals surface area contributed by atoms with E-state index < -0.39 is 19.2 Å². The summed E-state index contributed by atoms with van der Waals surface area (Å²) in [6, 6.07) is 5.59. The Hall–Kier alpha value is -1.69. The summed E-state index contributed by atoms with van der Waals surface area (Å²) in [4.78, 5) is 16.7. The average molecular weight is 354 g/mol. The zero-order valence-corrected chi connectivity index (χ0v) is 15.1. The van der Waals surface area contributed by atoms with E-state index in [1.165, 1.54) is 0 Å². The summed E-state index contributed by atoms with van der Waals surface area (Å²) in [6.07, 6.45) is 3.65. The number of rotatable bonds is 9.